The van der Waals surface area contributed by atoms with Gasteiger partial charge in [-0.2, -0.15) is 0 Å². The molecule has 1 amide bonds. The third-order valence-electron chi connectivity index (χ3n) is 3.34. The van der Waals surface area contributed by atoms with E-state index in [9.17, 15) is 4.79 Å². The first kappa shape index (κ1) is 11.8. The normalized spacial score (nSPS) is 13.7. The van der Waals surface area contributed by atoms with Crippen molar-refractivity contribution in [3.05, 3.63) is 41.1 Å². The van der Waals surface area contributed by atoms with Gasteiger partial charge in [-0.15, -0.1) is 0 Å². The fraction of sp³-hybridized carbons (Fsp3) is 0.286. The van der Waals surface area contributed by atoms with E-state index in [-0.39, 0.29) is 5.91 Å². The van der Waals surface area contributed by atoms with E-state index in [0.717, 1.165) is 23.4 Å². The van der Waals surface area contributed by atoms with E-state index in [1.807, 2.05) is 18.2 Å². The zero-order valence-electron chi connectivity index (χ0n) is 10.9. The van der Waals surface area contributed by atoms with E-state index < -0.39 is 0 Å². The van der Waals surface area contributed by atoms with Crippen LogP contribution in [-0.4, -0.2) is 17.4 Å². The Balaban J connectivity index is 1.98. The summed E-state index contributed by atoms with van der Waals surface area (Å²) in [6.45, 7) is 4.17. The molecule has 2 heterocycles. The van der Waals surface area contributed by atoms with Crippen LogP contribution in [0, 0.1) is 13.8 Å². The summed E-state index contributed by atoms with van der Waals surface area (Å²) in [5.41, 5.74) is 9.12. The maximum absolute atomic E-state index is 12.5. The quantitative estimate of drug-likeness (QED) is 0.794. The zero-order valence-corrected chi connectivity index (χ0v) is 10.9. The van der Waals surface area contributed by atoms with Crippen LogP contribution in [0.15, 0.2) is 22.6 Å². The molecule has 0 bridgehead atoms. The molecule has 0 unspecified atom stereocenters. The van der Waals surface area contributed by atoms with Gasteiger partial charge in [0.2, 0.25) is 5.76 Å². The molecule has 19 heavy (non-hydrogen) atoms. The van der Waals surface area contributed by atoms with E-state index in [0.29, 0.717) is 23.9 Å². The minimum absolute atomic E-state index is 0.137. The number of fused-ring (bicyclic) bond motifs is 1. The van der Waals surface area contributed by atoms with Crippen LogP contribution < -0.4 is 10.6 Å². The van der Waals surface area contributed by atoms with Gasteiger partial charge in [-0.1, -0.05) is 0 Å². The highest BCUT2D eigenvalue weighted by Crippen LogP contribution is 2.31. The molecule has 0 aliphatic carbocycles. The SMILES string of the molecule is Cc1nc(C)c(C(=O)N2CCc3cc(N)ccc32)o1. The van der Waals surface area contributed by atoms with Crippen molar-refractivity contribution in [2.45, 2.75) is 20.3 Å². The maximum atomic E-state index is 12.5. The van der Waals surface area contributed by atoms with Crippen molar-refractivity contribution in [1.82, 2.24) is 4.98 Å². The lowest BCUT2D eigenvalue weighted by molar-refractivity contribution is 0.0960. The molecule has 0 atom stereocenters. The van der Waals surface area contributed by atoms with Crippen molar-refractivity contribution in [2.75, 3.05) is 17.2 Å². The van der Waals surface area contributed by atoms with Gasteiger partial charge in [0, 0.05) is 24.8 Å². The number of aromatic nitrogens is 1. The predicted octanol–water partition coefficient (Wildman–Crippen LogP) is 2.08. The summed E-state index contributed by atoms with van der Waals surface area (Å²) in [5.74, 6) is 0.696. The molecule has 1 aromatic heterocycles. The molecule has 0 radical (unpaired) electrons. The summed E-state index contributed by atoms with van der Waals surface area (Å²) in [4.78, 5) is 18.4. The fourth-order valence-electron chi connectivity index (χ4n) is 2.48. The molecular weight excluding hydrogens is 242 g/mol. The van der Waals surface area contributed by atoms with Gasteiger partial charge in [-0.25, -0.2) is 4.98 Å². The first-order valence-electron chi connectivity index (χ1n) is 6.20. The lowest BCUT2D eigenvalue weighted by Crippen LogP contribution is -2.29. The van der Waals surface area contributed by atoms with Crippen molar-refractivity contribution in [1.29, 1.82) is 0 Å². The Labute approximate surface area is 111 Å². The highest BCUT2D eigenvalue weighted by Gasteiger charge is 2.29. The molecule has 1 aliphatic rings. The van der Waals surface area contributed by atoms with Crippen molar-refractivity contribution >= 4 is 17.3 Å². The van der Waals surface area contributed by atoms with Gasteiger partial charge < -0.3 is 15.1 Å². The Kier molecular flexibility index (Phi) is 2.55. The van der Waals surface area contributed by atoms with Crippen molar-refractivity contribution in [3.63, 3.8) is 0 Å². The third kappa shape index (κ3) is 1.87. The zero-order chi connectivity index (χ0) is 13.6. The van der Waals surface area contributed by atoms with E-state index >= 15 is 0 Å². The van der Waals surface area contributed by atoms with Crippen LogP contribution in [0.1, 0.15) is 27.7 Å². The molecule has 1 aromatic carbocycles. The number of carbonyl (C=O) groups is 1. The Hall–Kier alpha value is -2.30. The van der Waals surface area contributed by atoms with Crippen LogP contribution >= 0.6 is 0 Å². The molecule has 0 saturated heterocycles. The van der Waals surface area contributed by atoms with E-state index in [1.54, 1.807) is 18.7 Å². The van der Waals surface area contributed by atoms with Gasteiger partial charge in [0.05, 0.1) is 5.69 Å². The largest absolute Gasteiger partial charge is 0.436 e. The van der Waals surface area contributed by atoms with E-state index in [2.05, 4.69) is 4.98 Å². The Morgan fingerprint density at radius 1 is 1.42 bits per heavy atom. The molecule has 2 aromatic rings. The number of anilines is 2. The number of oxazole rings is 1. The summed E-state index contributed by atoms with van der Waals surface area (Å²) >= 11 is 0. The number of nitrogens with zero attached hydrogens (tertiary/aromatic N) is 2. The topological polar surface area (TPSA) is 72.4 Å². The molecule has 0 spiro atoms. The Bertz CT molecular complexity index is 661. The van der Waals surface area contributed by atoms with Crippen LogP contribution in [0.25, 0.3) is 0 Å². The second kappa shape index (κ2) is 4.12. The first-order valence-corrected chi connectivity index (χ1v) is 6.20. The van der Waals surface area contributed by atoms with Crippen molar-refractivity contribution in [3.8, 4) is 0 Å². The average molecular weight is 257 g/mol. The number of carbonyl (C=O) groups excluding carboxylic acids is 1. The third-order valence-corrected chi connectivity index (χ3v) is 3.34. The van der Waals surface area contributed by atoms with Crippen LogP contribution in [0.3, 0.4) is 0 Å². The first-order chi connectivity index (χ1) is 9.06. The van der Waals surface area contributed by atoms with Gasteiger partial charge in [0.1, 0.15) is 0 Å². The summed E-state index contributed by atoms with van der Waals surface area (Å²) in [6.07, 6.45) is 0.818. The number of benzene rings is 1. The summed E-state index contributed by atoms with van der Waals surface area (Å²) < 4.78 is 5.40. The van der Waals surface area contributed by atoms with Crippen LogP contribution in [-0.2, 0) is 6.42 Å². The molecule has 3 rings (SSSR count). The molecule has 1 aliphatic heterocycles. The van der Waals surface area contributed by atoms with Gasteiger partial charge in [-0.05, 0) is 37.1 Å². The average Bonchev–Trinajstić information content (AvgIpc) is 2.91. The number of hydrogen-bond acceptors (Lipinski definition) is 4. The molecular formula is C14H15N3O2. The lowest BCUT2D eigenvalue weighted by Gasteiger charge is -2.16. The Morgan fingerprint density at radius 2 is 2.21 bits per heavy atom. The van der Waals surface area contributed by atoms with Gasteiger partial charge >= 0.3 is 0 Å². The standard InChI is InChI=1S/C14H15N3O2/c1-8-13(19-9(2)16-8)14(18)17-6-5-10-7-11(15)3-4-12(10)17/h3-4,7H,5-6,15H2,1-2H3. The number of nitrogens with two attached hydrogens (primary N) is 1. The highest BCUT2D eigenvalue weighted by molar-refractivity contribution is 6.06. The molecule has 0 fully saturated rings. The monoisotopic (exact) mass is 257 g/mol. The molecule has 0 saturated carbocycles. The van der Waals surface area contributed by atoms with Gasteiger partial charge in [0.25, 0.3) is 5.91 Å². The highest BCUT2D eigenvalue weighted by atomic mass is 16.4. The van der Waals surface area contributed by atoms with Crippen LogP contribution in [0.4, 0.5) is 11.4 Å². The molecule has 5 nitrogen and oxygen atoms in total. The summed E-state index contributed by atoms with van der Waals surface area (Å²) in [7, 11) is 0. The second-order valence-electron chi connectivity index (χ2n) is 4.74. The Morgan fingerprint density at radius 3 is 2.89 bits per heavy atom. The lowest BCUT2D eigenvalue weighted by atomic mass is 10.1. The van der Waals surface area contributed by atoms with Gasteiger partial charge in [-0.3, -0.25) is 4.79 Å². The van der Waals surface area contributed by atoms with E-state index in [1.165, 1.54) is 0 Å². The van der Waals surface area contributed by atoms with Crippen LogP contribution in [0.2, 0.25) is 0 Å². The summed E-state index contributed by atoms with van der Waals surface area (Å²) in [5, 5.41) is 0. The number of amides is 1. The minimum atomic E-state index is -0.137. The smallest absolute Gasteiger partial charge is 0.295 e. The molecule has 98 valence electrons. The maximum Gasteiger partial charge on any atom is 0.295 e. The summed E-state index contributed by atoms with van der Waals surface area (Å²) in [6, 6.07) is 5.61. The minimum Gasteiger partial charge on any atom is -0.436 e. The number of aryl methyl sites for hydroxylation is 2. The molecule has 5 heteroatoms. The van der Waals surface area contributed by atoms with Gasteiger partial charge in [0.15, 0.2) is 5.89 Å². The van der Waals surface area contributed by atoms with Crippen molar-refractivity contribution in [2.24, 2.45) is 0 Å². The van der Waals surface area contributed by atoms with E-state index in [4.69, 9.17) is 10.2 Å². The second-order valence-corrected chi connectivity index (χ2v) is 4.74. The number of hydrogen-bond donors (Lipinski definition) is 1. The number of rotatable bonds is 1. The van der Waals surface area contributed by atoms with Crippen LogP contribution in [0.5, 0.6) is 0 Å². The number of nitrogen functional groups attached to an aromatic ring is 1. The van der Waals surface area contributed by atoms with Crippen molar-refractivity contribution < 1.29 is 9.21 Å². The fourth-order valence-corrected chi connectivity index (χ4v) is 2.48. The molecule has 2 N–H and O–H groups in total. The predicted molar refractivity (Wildman–Crippen MR) is 72.2 cm³/mol.